The molecular formula is C20H25N5O5S. The average molecular weight is 448 g/mol. The number of hydrogen-bond donors (Lipinski definition) is 5. The number of carboxylic acids is 1. The number of hydrogen-bond acceptors (Lipinski definition) is 6. The van der Waals surface area contributed by atoms with Gasteiger partial charge in [0.25, 0.3) is 0 Å². The fraction of sp³-hybridized carbons (Fsp3) is 0.450. The Balaban J connectivity index is 1.74. The third-order valence-electron chi connectivity index (χ3n) is 5.29. The number of amidine groups is 1. The van der Waals surface area contributed by atoms with Gasteiger partial charge in [-0.15, -0.1) is 11.8 Å². The van der Waals surface area contributed by atoms with Gasteiger partial charge in [-0.3, -0.25) is 19.8 Å². The highest BCUT2D eigenvalue weighted by molar-refractivity contribution is 8.01. The fourth-order valence-electron chi connectivity index (χ4n) is 3.81. The average Bonchev–Trinajstić information content (AvgIpc) is 2.97. The summed E-state index contributed by atoms with van der Waals surface area (Å²) in [7, 11) is 0. The van der Waals surface area contributed by atoms with Crippen molar-refractivity contribution in [3.8, 4) is 0 Å². The number of fused-ring (bicyclic) bond motifs is 1. The van der Waals surface area contributed by atoms with Crippen molar-refractivity contribution in [2.75, 3.05) is 0 Å². The van der Waals surface area contributed by atoms with Crippen LogP contribution in [0.2, 0.25) is 0 Å². The highest BCUT2D eigenvalue weighted by atomic mass is 32.2. The number of aliphatic carboxylic acids is 1. The lowest BCUT2D eigenvalue weighted by Crippen LogP contribution is -2.71. The summed E-state index contributed by atoms with van der Waals surface area (Å²) >= 11 is 1.33. The quantitative estimate of drug-likeness (QED) is 0.215. The summed E-state index contributed by atoms with van der Waals surface area (Å²) < 4.78 is -0.703. The minimum Gasteiger partial charge on any atom is -0.480 e. The summed E-state index contributed by atoms with van der Waals surface area (Å²) in [5.74, 6) is -2.71. The number of amides is 3. The van der Waals surface area contributed by atoms with Crippen LogP contribution < -0.4 is 16.4 Å². The molecule has 11 heteroatoms. The fourth-order valence-corrected chi connectivity index (χ4v) is 5.43. The van der Waals surface area contributed by atoms with Crippen LogP contribution in [0.4, 0.5) is 0 Å². The number of thioether (sulfide) groups is 1. The number of rotatable bonds is 8. The van der Waals surface area contributed by atoms with Crippen molar-refractivity contribution >= 4 is 41.3 Å². The number of carbonyl (C=O) groups excluding carboxylic acids is 3. The van der Waals surface area contributed by atoms with Gasteiger partial charge in [-0.1, -0.05) is 30.3 Å². The van der Waals surface area contributed by atoms with Crippen LogP contribution in [0.25, 0.3) is 0 Å². The van der Waals surface area contributed by atoms with Gasteiger partial charge in [0, 0.05) is 17.6 Å². The smallest absolute Gasteiger partial charge is 0.327 e. The second-order valence-corrected chi connectivity index (χ2v) is 9.79. The van der Waals surface area contributed by atoms with E-state index in [1.165, 1.54) is 16.7 Å². The Morgan fingerprint density at radius 3 is 2.48 bits per heavy atom. The maximum atomic E-state index is 13.0. The summed E-state index contributed by atoms with van der Waals surface area (Å²) in [6, 6.07) is 5.68. The van der Waals surface area contributed by atoms with E-state index >= 15 is 0 Å². The van der Waals surface area contributed by atoms with Gasteiger partial charge in [-0.2, -0.15) is 0 Å². The van der Waals surface area contributed by atoms with E-state index in [9.17, 15) is 24.3 Å². The van der Waals surface area contributed by atoms with Crippen molar-refractivity contribution in [1.82, 2.24) is 15.5 Å². The molecule has 0 bridgehead atoms. The molecule has 4 atom stereocenters. The van der Waals surface area contributed by atoms with Gasteiger partial charge in [-0.25, -0.2) is 4.79 Å². The molecule has 2 heterocycles. The predicted molar refractivity (Wildman–Crippen MR) is 114 cm³/mol. The summed E-state index contributed by atoms with van der Waals surface area (Å²) in [4.78, 5) is 50.9. The Morgan fingerprint density at radius 1 is 1.26 bits per heavy atom. The van der Waals surface area contributed by atoms with E-state index in [-0.39, 0.29) is 18.7 Å². The highest BCUT2D eigenvalue weighted by Gasteiger charge is 2.64. The van der Waals surface area contributed by atoms with Gasteiger partial charge >= 0.3 is 5.97 Å². The minimum absolute atomic E-state index is 0.0466. The van der Waals surface area contributed by atoms with Gasteiger partial charge in [0.1, 0.15) is 23.5 Å². The first-order valence-corrected chi connectivity index (χ1v) is 10.6. The minimum atomic E-state index is -1.09. The summed E-state index contributed by atoms with van der Waals surface area (Å²) in [6.07, 6.45) is 0.0183. The van der Waals surface area contributed by atoms with Crippen molar-refractivity contribution in [1.29, 1.82) is 5.41 Å². The number of carboxylic acid groups (broad SMARTS) is 1. The molecule has 166 valence electrons. The molecule has 0 spiro atoms. The van der Waals surface area contributed by atoms with Gasteiger partial charge in [0.2, 0.25) is 17.7 Å². The zero-order valence-electron chi connectivity index (χ0n) is 17.1. The van der Waals surface area contributed by atoms with Crippen LogP contribution in [0.15, 0.2) is 30.3 Å². The molecule has 3 rings (SSSR count). The first-order chi connectivity index (χ1) is 14.5. The molecule has 0 saturated carbocycles. The molecule has 2 saturated heterocycles. The van der Waals surface area contributed by atoms with E-state index in [4.69, 9.17) is 11.1 Å². The lowest BCUT2D eigenvalue weighted by Gasteiger charge is -2.44. The maximum absolute atomic E-state index is 13.0. The lowest BCUT2D eigenvalue weighted by molar-refractivity contribution is -0.161. The van der Waals surface area contributed by atoms with Crippen LogP contribution in [-0.4, -0.2) is 61.7 Å². The normalized spacial score (nSPS) is 24.5. The Kier molecular flexibility index (Phi) is 6.25. The zero-order chi connectivity index (χ0) is 22.9. The van der Waals surface area contributed by atoms with Crippen molar-refractivity contribution < 1.29 is 24.3 Å². The van der Waals surface area contributed by atoms with Gasteiger partial charge in [0.05, 0.1) is 5.84 Å². The van der Waals surface area contributed by atoms with Crippen LogP contribution in [0, 0.1) is 5.41 Å². The number of nitrogens with two attached hydrogens (primary N) is 1. The van der Waals surface area contributed by atoms with Gasteiger partial charge in [0.15, 0.2) is 0 Å². The number of carbonyl (C=O) groups is 4. The molecule has 1 unspecified atom stereocenters. The Bertz CT molecular complexity index is 922. The molecule has 1 aromatic rings. The molecule has 31 heavy (non-hydrogen) atoms. The van der Waals surface area contributed by atoms with Gasteiger partial charge < -0.3 is 26.4 Å². The molecule has 1 aromatic carbocycles. The van der Waals surface area contributed by atoms with Crippen LogP contribution in [0.5, 0.6) is 0 Å². The molecule has 0 aromatic heterocycles. The Morgan fingerprint density at radius 2 is 1.90 bits per heavy atom. The monoisotopic (exact) mass is 447 g/mol. The van der Waals surface area contributed by atoms with Crippen molar-refractivity contribution in [2.45, 2.75) is 54.9 Å². The van der Waals surface area contributed by atoms with Crippen molar-refractivity contribution in [3.63, 3.8) is 0 Å². The summed E-state index contributed by atoms with van der Waals surface area (Å²) in [5, 5.41) is 21.6. The first-order valence-electron chi connectivity index (χ1n) is 9.73. The van der Waals surface area contributed by atoms with Crippen molar-refractivity contribution in [3.05, 3.63) is 35.9 Å². The van der Waals surface area contributed by atoms with Crippen LogP contribution in [-0.2, 0) is 19.2 Å². The SMILES string of the molecule is CC1(C)S[C@@H]2[C@H](NC(=O)C(NC(=O)CCC(=N)N)c3ccccc3)C(=O)N2[C@H]1C(=O)O. The topological polar surface area (TPSA) is 166 Å². The molecular weight excluding hydrogens is 422 g/mol. The zero-order valence-corrected chi connectivity index (χ0v) is 17.9. The first kappa shape index (κ1) is 22.6. The lowest BCUT2D eigenvalue weighted by atomic mass is 9.95. The van der Waals surface area contributed by atoms with E-state index in [2.05, 4.69) is 10.6 Å². The van der Waals surface area contributed by atoms with Crippen molar-refractivity contribution in [2.24, 2.45) is 5.73 Å². The molecule has 0 aliphatic carbocycles. The predicted octanol–water partition coefficient (Wildman–Crippen LogP) is 0.192. The third-order valence-corrected chi connectivity index (χ3v) is 6.87. The number of nitrogens with zero attached hydrogens (tertiary/aromatic N) is 1. The van der Waals surface area contributed by atoms with Crippen LogP contribution in [0.1, 0.15) is 38.3 Å². The number of β-lactam (4-membered cyclic amide) rings is 1. The summed E-state index contributed by atoms with van der Waals surface area (Å²) in [6.45, 7) is 3.51. The Labute approximate surface area is 183 Å². The third kappa shape index (κ3) is 4.50. The van der Waals surface area contributed by atoms with E-state index in [1.807, 2.05) is 0 Å². The molecule has 2 aliphatic heterocycles. The Hall–Kier alpha value is -3.08. The molecule has 10 nitrogen and oxygen atoms in total. The molecule has 0 radical (unpaired) electrons. The second kappa shape index (κ2) is 8.58. The van der Waals surface area contributed by atoms with E-state index in [0.717, 1.165) is 0 Å². The highest BCUT2D eigenvalue weighted by Crippen LogP contribution is 2.50. The molecule has 2 fully saturated rings. The van der Waals surface area contributed by atoms with Crippen LogP contribution in [0.3, 0.4) is 0 Å². The van der Waals surface area contributed by atoms with E-state index in [0.29, 0.717) is 5.56 Å². The van der Waals surface area contributed by atoms with Crippen LogP contribution >= 0.6 is 11.8 Å². The van der Waals surface area contributed by atoms with E-state index in [1.54, 1.807) is 44.2 Å². The molecule has 2 aliphatic rings. The number of benzene rings is 1. The largest absolute Gasteiger partial charge is 0.480 e. The number of nitrogens with one attached hydrogen (secondary N) is 3. The molecule has 6 N–H and O–H groups in total. The summed E-state index contributed by atoms with van der Waals surface area (Å²) in [5.41, 5.74) is 5.82. The van der Waals surface area contributed by atoms with E-state index < -0.39 is 51.9 Å². The molecule has 3 amide bonds. The second-order valence-electron chi connectivity index (χ2n) is 8.02. The standard InChI is InChI=1S/C20H25N5O5S/c1-20(2)15(19(29)30)25-17(28)14(18(25)31-20)24-16(27)13(10-6-4-3-5-7-10)23-12(26)9-8-11(21)22/h3-7,13-15,18H,8-9H2,1-2H3,(H3,21,22)(H,23,26)(H,24,27)(H,29,30)/t13?,14-,15+,18-/m1/s1. The van der Waals surface area contributed by atoms with Gasteiger partial charge in [-0.05, 0) is 19.4 Å². The maximum Gasteiger partial charge on any atom is 0.327 e.